The average Bonchev–Trinajstić information content (AvgIpc) is 2.39. The van der Waals surface area contributed by atoms with E-state index in [9.17, 15) is 9.59 Å². The minimum Gasteiger partial charge on any atom is -0.481 e. The van der Waals surface area contributed by atoms with E-state index in [1.807, 2.05) is 13.0 Å². The number of amides is 2. The Morgan fingerprint density at radius 3 is 2.67 bits per heavy atom. The number of urea groups is 1. The molecule has 0 heterocycles. The highest BCUT2D eigenvalue weighted by Crippen LogP contribution is 2.28. The number of nitrogens with one attached hydrogen (secondary N) is 2. The summed E-state index contributed by atoms with van der Waals surface area (Å²) in [6.45, 7) is 2.39. The third-order valence-corrected chi connectivity index (χ3v) is 3.91. The van der Waals surface area contributed by atoms with Gasteiger partial charge in [0.05, 0.1) is 5.69 Å². The smallest absolute Gasteiger partial charge is 0.319 e. The SMILES string of the molecule is Cc1cc(Br)c(NC(=O)NCCCCCC(=O)O)cc1Cl. The number of unbranched alkanes of at least 4 members (excludes halogenated alkanes) is 2. The van der Waals surface area contributed by atoms with Crippen LogP contribution in [0.5, 0.6) is 0 Å². The van der Waals surface area contributed by atoms with Crippen LogP contribution in [0.2, 0.25) is 5.02 Å². The molecule has 0 radical (unpaired) electrons. The molecule has 0 aliphatic heterocycles. The van der Waals surface area contributed by atoms with E-state index in [0.29, 0.717) is 23.7 Å². The zero-order valence-electron chi connectivity index (χ0n) is 11.7. The Bertz CT molecular complexity index is 523. The van der Waals surface area contributed by atoms with Crippen molar-refractivity contribution in [1.82, 2.24) is 5.32 Å². The predicted octanol–water partition coefficient (Wildman–Crippen LogP) is 4.18. The maximum atomic E-state index is 11.7. The van der Waals surface area contributed by atoms with Gasteiger partial charge in [0.1, 0.15) is 0 Å². The lowest BCUT2D eigenvalue weighted by Gasteiger charge is -2.10. The largest absolute Gasteiger partial charge is 0.481 e. The van der Waals surface area contributed by atoms with Crippen molar-refractivity contribution in [3.63, 3.8) is 0 Å². The fourth-order valence-corrected chi connectivity index (χ4v) is 2.41. The first-order chi connectivity index (χ1) is 9.90. The Balaban J connectivity index is 2.31. The topological polar surface area (TPSA) is 78.4 Å². The number of hydrogen-bond donors (Lipinski definition) is 3. The molecule has 1 rings (SSSR count). The maximum Gasteiger partial charge on any atom is 0.319 e. The van der Waals surface area contributed by atoms with Crippen molar-refractivity contribution in [3.05, 3.63) is 27.2 Å². The van der Waals surface area contributed by atoms with Crippen LogP contribution < -0.4 is 10.6 Å². The molecule has 0 fully saturated rings. The summed E-state index contributed by atoms with van der Waals surface area (Å²) >= 11 is 9.38. The van der Waals surface area contributed by atoms with Gasteiger partial charge in [-0.25, -0.2) is 4.79 Å². The van der Waals surface area contributed by atoms with Crippen LogP contribution in [-0.2, 0) is 4.79 Å². The van der Waals surface area contributed by atoms with Gasteiger partial charge in [-0.15, -0.1) is 0 Å². The molecule has 21 heavy (non-hydrogen) atoms. The van der Waals surface area contributed by atoms with Crippen LogP contribution in [0.25, 0.3) is 0 Å². The number of aryl methyl sites for hydroxylation is 1. The normalized spacial score (nSPS) is 10.2. The van der Waals surface area contributed by atoms with Gasteiger partial charge >= 0.3 is 12.0 Å². The number of halogens is 2. The van der Waals surface area contributed by atoms with Gasteiger partial charge in [0.25, 0.3) is 0 Å². The zero-order valence-corrected chi connectivity index (χ0v) is 14.1. The number of benzene rings is 1. The van der Waals surface area contributed by atoms with E-state index in [2.05, 4.69) is 26.6 Å². The zero-order chi connectivity index (χ0) is 15.8. The second-order valence-electron chi connectivity index (χ2n) is 4.67. The van der Waals surface area contributed by atoms with Crippen LogP contribution in [0.3, 0.4) is 0 Å². The summed E-state index contributed by atoms with van der Waals surface area (Å²) < 4.78 is 0.765. The van der Waals surface area contributed by atoms with E-state index in [0.717, 1.165) is 22.9 Å². The van der Waals surface area contributed by atoms with Gasteiger partial charge in [0.15, 0.2) is 0 Å². The molecule has 116 valence electrons. The van der Waals surface area contributed by atoms with Crippen LogP contribution in [-0.4, -0.2) is 23.7 Å². The predicted molar refractivity (Wildman–Crippen MR) is 87.0 cm³/mol. The van der Waals surface area contributed by atoms with Crippen molar-refractivity contribution >= 4 is 45.2 Å². The number of carboxylic acids is 1. The molecule has 7 heteroatoms. The molecule has 0 aliphatic rings. The highest BCUT2D eigenvalue weighted by molar-refractivity contribution is 9.10. The molecule has 2 amide bonds. The summed E-state index contributed by atoms with van der Waals surface area (Å²) in [4.78, 5) is 22.1. The standard InChI is InChI=1S/C14H18BrClN2O3/c1-9-7-10(15)12(8-11(9)16)18-14(21)17-6-4-2-3-5-13(19)20/h7-8H,2-6H2,1H3,(H,19,20)(H2,17,18,21). The van der Waals surface area contributed by atoms with Crippen molar-refractivity contribution in [2.45, 2.75) is 32.6 Å². The highest BCUT2D eigenvalue weighted by atomic mass is 79.9. The van der Waals surface area contributed by atoms with E-state index in [-0.39, 0.29) is 12.5 Å². The van der Waals surface area contributed by atoms with Gasteiger partial charge in [0, 0.05) is 22.5 Å². The second kappa shape index (κ2) is 8.89. The molecule has 0 aliphatic carbocycles. The molecule has 0 spiro atoms. The Hall–Kier alpha value is -1.27. The van der Waals surface area contributed by atoms with E-state index < -0.39 is 5.97 Å². The van der Waals surface area contributed by atoms with E-state index in [1.165, 1.54) is 0 Å². The molecular formula is C14H18BrClN2O3. The molecule has 0 atom stereocenters. The Morgan fingerprint density at radius 1 is 1.29 bits per heavy atom. The van der Waals surface area contributed by atoms with Gasteiger partial charge in [-0.3, -0.25) is 4.79 Å². The van der Waals surface area contributed by atoms with Crippen molar-refractivity contribution in [2.24, 2.45) is 0 Å². The quantitative estimate of drug-likeness (QED) is 0.624. The number of carbonyl (C=O) groups is 2. The fraction of sp³-hybridized carbons (Fsp3) is 0.429. The molecule has 1 aromatic rings. The summed E-state index contributed by atoms with van der Waals surface area (Å²) in [5.74, 6) is -0.790. The minimum atomic E-state index is -0.790. The summed E-state index contributed by atoms with van der Waals surface area (Å²) in [5.41, 5.74) is 1.53. The monoisotopic (exact) mass is 376 g/mol. The Labute approximate surface area is 137 Å². The third kappa shape index (κ3) is 6.82. The van der Waals surface area contributed by atoms with Crippen molar-refractivity contribution in [3.8, 4) is 0 Å². The van der Waals surface area contributed by atoms with E-state index in [4.69, 9.17) is 16.7 Å². The molecule has 3 N–H and O–H groups in total. The van der Waals surface area contributed by atoms with Crippen molar-refractivity contribution in [1.29, 1.82) is 0 Å². The van der Waals surface area contributed by atoms with Crippen LogP contribution in [0, 0.1) is 6.92 Å². The number of anilines is 1. The van der Waals surface area contributed by atoms with Crippen LogP contribution in [0.4, 0.5) is 10.5 Å². The third-order valence-electron chi connectivity index (χ3n) is 2.85. The van der Waals surface area contributed by atoms with Gasteiger partial charge in [0.2, 0.25) is 0 Å². The van der Waals surface area contributed by atoms with Gasteiger partial charge < -0.3 is 15.7 Å². The molecule has 5 nitrogen and oxygen atoms in total. The molecule has 0 aromatic heterocycles. The maximum absolute atomic E-state index is 11.7. The minimum absolute atomic E-state index is 0.168. The van der Waals surface area contributed by atoms with Crippen LogP contribution in [0.1, 0.15) is 31.2 Å². The second-order valence-corrected chi connectivity index (χ2v) is 5.93. The molecule has 0 saturated heterocycles. The average molecular weight is 378 g/mol. The van der Waals surface area contributed by atoms with E-state index >= 15 is 0 Å². The van der Waals surface area contributed by atoms with Crippen molar-refractivity contribution in [2.75, 3.05) is 11.9 Å². The molecule has 0 bridgehead atoms. The van der Waals surface area contributed by atoms with E-state index in [1.54, 1.807) is 6.07 Å². The lowest BCUT2D eigenvalue weighted by molar-refractivity contribution is -0.137. The number of carbonyl (C=O) groups excluding carboxylic acids is 1. The number of aliphatic carboxylic acids is 1. The van der Waals surface area contributed by atoms with Crippen LogP contribution in [0.15, 0.2) is 16.6 Å². The number of rotatable bonds is 7. The van der Waals surface area contributed by atoms with Crippen molar-refractivity contribution < 1.29 is 14.7 Å². The number of hydrogen-bond acceptors (Lipinski definition) is 2. The summed E-state index contributed by atoms with van der Waals surface area (Å²) in [7, 11) is 0. The van der Waals surface area contributed by atoms with Gasteiger partial charge in [-0.1, -0.05) is 18.0 Å². The highest BCUT2D eigenvalue weighted by Gasteiger charge is 2.07. The molecule has 1 aromatic carbocycles. The first-order valence-electron chi connectivity index (χ1n) is 6.62. The molecule has 0 saturated carbocycles. The lowest BCUT2D eigenvalue weighted by atomic mass is 10.2. The molecular weight excluding hydrogens is 360 g/mol. The summed E-state index contributed by atoms with van der Waals surface area (Å²) in [5, 5.41) is 14.5. The number of carboxylic acid groups (broad SMARTS) is 1. The first-order valence-corrected chi connectivity index (χ1v) is 7.79. The summed E-state index contributed by atoms with van der Waals surface area (Å²) in [6.07, 6.45) is 2.31. The van der Waals surface area contributed by atoms with Crippen LogP contribution >= 0.6 is 27.5 Å². The Morgan fingerprint density at radius 2 is 2.00 bits per heavy atom. The van der Waals surface area contributed by atoms with Gasteiger partial charge in [-0.05, 0) is 53.4 Å². The first kappa shape index (κ1) is 17.8. The Kier molecular flexibility index (Phi) is 7.53. The lowest BCUT2D eigenvalue weighted by Crippen LogP contribution is -2.29. The summed E-state index contributed by atoms with van der Waals surface area (Å²) in [6, 6.07) is 3.21. The molecule has 0 unspecified atom stereocenters. The van der Waals surface area contributed by atoms with Gasteiger partial charge in [-0.2, -0.15) is 0 Å². The fourth-order valence-electron chi connectivity index (χ4n) is 1.69.